The van der Waals surface area contributed by atoms with Crippen molar-refractivity contribution < 1.29 is 0 Å². The van der Waals surface area contributed by atoms with Crippen LogP contribution in [0.15, 0.2) is 12.3 Å². The van der Waals surface area contributed by atoms with E-state index in [1.54, 1.807) is 0 Å². The topological polar surface area (TPSA) is 35.6 Å². The lowest BCUT2D eigenvalue weighted by Gasteiger charge is -2.21. The molecule has 3 rings (SSSR count). The molecule has 4 nitrogen and oxygen atoms in total. The van der Waals surface area contributed by atoms with Crippen molar-refractivity contribution in [3.05, 3.63) is 34.9 Å². The van der Waals surface area contributed by atoms with Crippen LogP contribution in [0.2, 0.25) is 0 Å². The molecule has 0 spiro atoms. The lowest BCUT2D eigenvalue weighted by Crippen LogP contribution is -2.14. The van der Waals surface area contributed by atoms with Gasteiger partial charge in [0.2, 0.25) is 0 Å². The second-order valence-corrected chi connectivity index (χ2v) is 6.29. The maximum atomic E-state index is 5.99. The van der Waals surface area contributed by atoms with E-state index in [4.69, 9.17) is 16.7 Å². The molecule has 21 heavy (non-hydrogen) atoms. The molecular weight excluding hydrogens is 284 g/mol. The normalized spacial score (nSPS) is 16.5. The zero-order valence-electron chi connectivity index (χ0n) is 12.8. The molecule has 0 radical (unpaired) electrons. The molecule has 0 unspecified atom stereocenters. The third-order valence-electron chi connectivity index (χ3n) is 4.59. The maximum absolute atomic E-state index is 5.99. The van der Waals surface area contributed by atoms with E-state index >= 15 is 0 Å². The van der Waals surface area contributed by atoms with Crippen LogP contribution in [-0.2, 0) is 12.4 Å². The van der Waals surface area contributed by atoms with Crippen LogP contribution in [0.1, 0.15) is 60.8 Å². The first-order valence-electron chi connectivity index (χ1n) is 7.82. The molecule has 114 valence electrons. The fourth-order valence-electron chi connectivity index (χ4n) is 3.25. The molecule has 5 heteroatoms. The van der Waals surface area contributed by atoms with Crippen LogP contribution in [0, 0.1) is 13.8 Å². The van der Waals surface area contributed by atoms with Gasteiger partial charge in [-0.25, -0.2) is 0 Å². The van der Waals surface area contributed by atoms with Crippen LogP contribution in [0.5, 0.6) is 0 Å². The van der Waals surface area contributed by atoms with Gasteiger partial charge < -0.3 is 0 Å². The maximum Gasteiger partial charge on any atom is 0.0853 e. The van der Waals surface area contributed by atoms with Crippen molar-refractivity contribution in [2.24, 2.45) is 0 Å². The van der Waals surface area contributed by atoms with Gasteiger partial charge in [-0.2, -0.15) is 10.2 Å². The molecule has 2 aromatic heterocycles. The van der Waals surface area contributed by atoms with Crippen molar-refractivity contribution in [2.45, 2.75) is 64.4 Å². The van der Waals surface area contributed by atoms with Gasteiger partial charge in [-0.15, -0.1) is 11.6 Å². The number of aromatic nitrogens is 4. The molecule has 0 atom stereocenters. The molecule has 0 saturated heterocycles. The molecule has 1 aliphatic carbocycles. The van der Waals surface area contributed by atoms with Gasteiger partial charge in [-0.05, 0) is 32.8 Å². The number of hydrogen-bond donors (Lipinski definition) is 0. The first-order valence-corrected chi connectivity index (χ1v) is 8.35. The first-order chi connectivity index (χ1) is 10.2. The summed E-state index contributed by atoms with van der Waals surface area (Å²) in [6.45, 7) is 4.82. The van der Waals surface area contributed by atoms with Crippen LogP contribution >= 0.6 is 11.6 Å². The van der Waals surface area contributed by atoms with Crippen molar-refractivity contribution in [1.29, 1.82) is 0 Å². The summed E-state index contributed by atoms with van der Waals surface area (Å²) in [5, 5.41) is 9.34. The van der Waals surface area contributed by atoms with Gasteiger partial charge in [-0.3, -0.25) is 9.36 Å². The minimum atomic E-state index is 0.522. The fraction of sp³-hybridized carbons (Fsp3) is 0.625. The Morgan fingerprint density at radius 1 is 1.19 bits per heavy atom. The van der Waals surface area contributed by atoms with E-state index in [-0.39, 0.29) is 0 Å². The number of halogens is 1. The Bertz CT molecular complexity index is 608. The molecule has 2 heterocycles. The van der Waals surface area contributed by atoms with Crippen molar-refractivity contribution in [2.75, 3.05) is 0 Å². The van der Waals surface area contributed by atoms with Crippen LogP contribution < -0.4 is 0 Å². The third kappa shape index (κ3) is 3.00. The quantitative estimate of drug-likeness (QED) is 0.801. The van der Waals surface area contributed by atoms with Crippen molar-refractivity contribution >= 4 is 11.6 Å². The monoisotopic (exact) mass is 306 g/mol. The Morgan fingerprint density at radius 3 is 2.62 bits per heavy atom. The average Bonchev–Trinajstić information content (AvgIpc) is 3.06. The standard InChI is InChI=1S/C16H23ClN4/c1-12-16(10-17)13(2)21(18-12)11-14-8-9-20(19-14)15-6-4-3-5-7-15/h8-9,15H,3-7,10-11H2,1-2H3. The third-order valence-corrected chi connectivity index (χ3v) is 4.86. The van der Waals surface area contributed by atoms with Crippen LogP contribution in [0.4, 0.5) is 0 Å². The summed E-state index contributed by atoms with van der Waals surface area (Å²) in [5.74, 6) is 0.522. The summed E-state index contributed by atoms with van der Waals surface area (Å²) in [6.07, 6.45) is 8.68. The molecular formula is C16H23ClN4. The van der Waals surface area contributed by atoms with Gasteiger partial charge in [0, 0.05) is 17.5 Å². The van der Waals surface area contributed by atoms with Gasteiger partial charge in [0.05, 0.1) is 29.9 Å². The Labute approximate surface area is 131 Å². The highest BCUT2D eigenvalue weighted by Gasteiger charge is 2.17. The number of aryl methyl sites for hydroxylation is 1. The summed E-state index contributed by atoms with van der Waals surface area (Å²) in [4.78, 5) is 0. The molecule has 1 fully saturated rings. The minimum absolute atomic E-state index is 0.522. The number of hydrogen-bond acceptors (Lipinski definition) is 2. The molecule has 0 aliphatic heterocycles. The van der Waals surface area contributed by atoms with E-state index in [0.717, 1.165) is 29.2 Å². The predicted octanol–water partition coefficient (Wildman–Crippen LogP) is 3.99. The van der Waals surface area contributed by atoms with E-state index in [0.29, 0.717) is 11.9 Å². The Kier molecular flexibility index (Phi) is 4.34. The Morgan fingerprint density at radius 2 is 1.95 bits per heavy atom. The largest absolute Gasteiger partial charge is 0.269 e. The molecule has 0 amide bonds. The summed E-state index contributed by atoms with van der Waals surface area (Å²) in [7, 11) is 0. The summed E-state index contributed by atoms with van der Waals surface area (Å²) < 4.78 is 4.17. The lowest BCUT2D eigenvalue weighted by atomic mass is 9.96. The Balaban J connectivity index is 1.75. The zero-order chi connectivity index (χ0) is 14.8. The molecule has 0 bridgehead atoms. The average molecular weight is 307 g/mol. The second kappa shape index (κ2) is 6.22. The summed E-state index contributed by atoms with van der Waals surface area (Å²) >= 11 is 5.99. The minimum Gasteiger partial charge on any atom is -0.269 e. The molecule has 1 saturated carbocycles. The van der Waals surface area contributed by atoms with E-state index in [1.165, 1.54) is 32.1 Å². The zero-order valence-corrected chi connectivity index (χ0v) is 13.6. The van der Waals surface area contributed by atoms with Gasteiger partial charge >= 0.3 is 0 Å². The highest BCUT2D eigenvalue weighted by atomic mass is 35.5. The highest BCUT2D eigenvalue weighted by Crippen LogP contribution is 2.27. The van der Waals surface area contributed by atoms with E-state index in [1.807, 2.05) is 11.6 Å². The predicted molar refractivity (Wildman–Crippen MR) is 84.7 cm³/mol. The van der Waals surface area contributed by atoms with Crippen LogP contribution in [-0.4, -0.2) is 19.6 Å². The van der Waals surface area contributed by atoms with Crippen molar-refractivity contribution in [3.63, 3.8) is 0 Å². The number of rotatable bonds is 4. The van der Waals surface area contributed by atoms with Gasteiger partial charge in [0.15, 0.2) is 0 Å². The molecule has 1 aliphatic rings. The van der Waals surface area contributed by atoms with Crippen molar-refractivity contribution in [1.82, 2.24) is 19.6 Å². The van der Waals surface area contributed by atoms with Gasteiger partial charge in [-0.1, -0.05) is 19.3 Å². The SMILES string of the molecule is Cc1nn(Cc2ccn(C3CCCCC3)n2)c(C)c1CCl. The number of nitrogens with zero attached hydrogens (tertiary/aromatic N) is 4. The van der Waals surface area contributed by atoms with E-state index in [2.05, 4.69) is 29.0 Å². The smallest absolute Gasteiger partial charge is 0.0853 e. The van der Waals surface area contributed by atoms with Crippen LogP contribution in [0.25, 0.3) is 0 Å². The van der Waals surface area contributed by atoms with Crippen LogP contribution in [0.3, 0.4) is 0 Å². The molecule has 0 N–H and O–H groups in total. The second-order valence-electron chi connectivity index (χ2n) is 6.02. The van der Waals surface area contributed by atoms with Gasteiger partial charge in [0.25, 0.3) is 0 Å². The van der Waals surface area contributed by atoms with E-state index in [9.17, 15) is 0 Å². The van der Waals surface area contributed by atoms with Gasteiger partial charge in [0.1, 0.15) is 0 Å². The Hall–Kier alpha value is -1.29. The number of alkyl halides is 1. The van der Waals surface area contributed by atoms with Crippen molar-refractivity contribution in [3.8, 4) is 0 Å². The summed E-state index contributed by atoms with van der Waals surface area (Å²) in [5.41, 5.74) is 4.39. The van der Waals surface area contributed by atoms with E-state index < -0.39 is 0 Å². The summed E-state index contributed by atoms with van der Waals surface area (Å²) in [6, 6.07) is 2.71. The fourth-order valence-corrected chi connectivity index (χ4v) is 3.63. The lowest BCUT2D eigenvalue weighted by molar-refractivity contribution is 0.327. The molecule has 0 aromatic carbocycles. The molecule has 2 aromatic rings. The highest BCUT2D eigenvalue weighted by molar-refractivity contribution is 6.17. The first kappa shape index (κ1) is 14.6.